The quantitative estimate of drug-likeness (QED) is 0.662. The molecule has 66 valence electrons. The van der Waals surface area contributed by atoms with Crippen molar-refractivity contribution in [3.63, 3.8) is 0 Å². The highest BCUT2D eigenvalue weighted by Crippen LogP contribution is 2.27. The predicted molar refractivity (Wildman–Crippen MR) is 57.8 cm³/mol. The van der Waals surface area contributed by atoms with Crippen molar-refractivity contribution < 1.29 is 0 Å². The first-order chi connectivity index (χ1) is 5.54. The Morgan fingerprint density at radius 2 is 2.00 bits per heavy atom. The highest BCUT2D eigenvalue weighted by molar-refractivity contribution is 7.81. The minimum absolute atomic E-state index is 0.0226. The Hall–Kier alpha value is -0.430. The molecule has 12 heavy (non-hydrogen) atoms. The molecule has 1 aromatic rings. The minimum Gasteiger partial charge on any atom is -0.168 e. The monoisotopic (exact) mass is 180 g/mol. The highest BCUT2D eigenvalue weighted by atomic mass is 32.1. The van der Waals surface area contributed by atoms with Crippen LogP contribution in [0.1, 0.15) is 31.9 Å². The van der Waals surface area contributed by atoms with Gasteiger partial charge < -0.3 is 0 Å². The SMILES string of the molecule is CCc1cccc(C(C)(C)S)c1. The number of hydrogen-bond donors (Lipinski definition) is 1. The van der Waals surface area contributed by atoms with Crippen molar-refractivity contribution in [1.82, 2.24) is 0 Å². The Bertz CT molecular complexity index is 258. The summed E-state index contributed by atoms with van der Waals surface area (Å²) in [5.74, 6) is 0. The summed E-state index contributed by atoms with van der Waals surface area (Å²) in [5, 5.41) is 0. The third-order valence-corrected chi connectivity index (χ3v) is 2.30. The van der Waals surface area contributed by atoms with Gasteiger partial charge >= 0.3 is 0 Å². The number of hydrogen-bond acceptors (Lipinski definition) is 1. The fourth-order valence-electron chi connectivity index (χ4n) is 1.17. The second-order valence-electron chi connectivity index (χ2n) is 3.61. The summed E-state index contributed by atoms with van der Waals surface area (Å²) < 4.78 is -0.0226. The summed E-state index contributed by atoms with van der Waals surface area (Å²) >= 11 is 4.53. The van der Waals surface area contributed by atoms with Crippen LogP contribution in [0.5, 0.6) is 0 Å². The molecule has 0 bridgehead atoms. The average Bonchev–Trinajstić information content (AvgIpc) is 2.03. The second-order valence-corrected chi connectivity index (χ2v) is 4.73. The Labute approximate surface area is 80.4 Å². The van der Waals surface area contributed by atoms with Crippen molar-refractivity contribution in [2.24, 2.45) is 0 Å². The molecule has 0 aliphatic heterocycles. The molecule has 0 radical (unpaired) electrons. The van der Waals surface area contributed by atoms with Crippen molar-refractivity contribution >= 4 is 12.6 Å². The van der Waals surface area contributed by atoms with Crippen LogP contribution in [0.3, 0.4) is 0 Å². The van der Waals surface area contributed by atoms with Crippen molar-refractivity contribution in [2.45, 2.75) is 31.9 Å². The molecule has 0 spiro atoms. The van der Waals surface area contributed by atoms with E-state index in [4.69, 9.17) is 0 Å². The first-order valence-corrected chi connectivity index (χ1v) is 4.80. The molecular weight excluding hydrogens is 164 g/mol. The first-order valence-electron chi connectivity index (χ1n) is 4.36. The van der Waals surface area contributed by atoms with Crippen LogP contribution in [0.15, 0.2) is 24.3 Å². The van der Waals surface area contributed by atoms with Crippen molar-refractivity contribution in [3.05, 3.63) is 35.4 Å². The van der Waals surface area contributed by atoms with E-state index in [9.17, 15) is 0 Å². The van der Waals surface area contributed by atoms with E-state index in [1.807, 2.05) is 0 Å². The third kappa shape index (κ3) is 2.28. The molecule has 0 saturated heterocycles. The van der Waals surface area contributed by atoms with Gasteiger partial charge in [-0.25, -0.2) is 0 Å². The van der Waals surface area contributed by atoms with Gasteiger partial charge in [-0.1, -0.05) is 31.2 Å². The molecule has 1 rings (SSSR count). The lowest BCUT2D eigenvalue weighted by Crippen LogP contribution is -2.07. The smallest absolute Gasteiger partial charge is 0.0322 e. The average molecular weight is 180 g/mol. The molecule has 0 unspecified atom stereocenters. The van der Waals surface area contributed by atoms with Gasteiger partial charge in [-0.15, -0.1) is 0 Å². The predicted octanol–water partition coefficient (Wildman–Crippen LogP) is 3.41. The number of rotatable bonds is 2. The topological polar surface area (TPSA) is 0 Å². The summed E-state index contributed by atoms with van der Waals surface area (Å²) in [5.41, 5.74) is 2.68. The molecule has 0 N–H and O–H groups in total. The van der Waals surface area contributed by atoms with E-state index in [0.29, 0.717) is 0 Å². The normalized spacial score (nSPS) is 11.7. The summed E-state index contributed by atoms with van der Waals surface area (Å²) in [6.45, 7) is 6.40. The Morgan fingerprint density at radius 1 is 1.33 bits per heavy atom. The van der Waals surface area contributed by atoms with E-state index in [1.54, 1.807) is 0 Å². The Morgan fingerprint density at radius 3 is 2.50 bits per heavy atom. The lowest BCUT2D eigenvalue weighted by atomic mass is 9.99. The van der Waals surface area contributed by atoms with Crippen molar-refractivity contribution in [2.75, 3.05) is 0 Å². The molecule has 0 nitrogen and oxygen atoms in total. The van der Waals surface area contributed by atoms with Gasteiger partial charge in [-0.3, -0.25) is 0 Å². The number of benzene rings is 1. The van der Waals surface area contributed by atoms with E-state index in [-0.39, 0.29) is 4.75 Å². The zero-order valence-electron chi connectivity index (χ0n) is 7.96. The van der Waals surface area contributed by atoms with Gasteiger partial charge in [0, 0.05) is 4.75 Å². The van der Waals surface area contributed by atoms with Crippen molar-refractivity contribution in [3.8, 4) is 0 Å². The highest BCUT2D eigenvalue weighted by Gasteiger charge is 2.13. The van der Waals surface area contributed by atoms with Crippen LogP contribution in [0.4, 0.5) is 0 Å². The Balaban J connectivity index is 3.02. The standard InChI is InChI=1S/C11H16S/c1-4-9-6-5-7-10(8-9)11(2,3)12/h5-8,12H,4H2,1-3H3. The zero-order valence-corrected chi connectivity index (χ0v) is 8.86. The summed E-state index contributed by atoms with van der Waals surface area (Å²) in [6.07, 6.45) is 1.09. The molecule has 1 heteroatoms. The molecule has 0 atom stereocenters. The lowest BCUT2D eigenvalue weighted by molar-refractivity contribution is 0.788. The van der Waals surface area contributed by atoms with Gasteiger partial charge in [0.1, 0.15) is 0 Å². The van der Waals surface area contributed by atoms with E-state index >= 15 is 0 Å². The molecule has 0 fully saturated rings. The molecule has 0 saturated carbocycles. The van der Waals surface area contributed by atoms with Crippen LogP contribution >= 0.6 is 12.6 Å². The largest absolute Gasteiger partial charge is 0.168 e. The van der Waals surface area contributed by atoms with Gasteiger partial charge in [-0.05, 0) is 31.4 Å². The third-order valence-electron chi connectivity index (χ3n) is 2.04. The first kappa shape index (κ1) is 9.66. The van der Waals surface area contributed by atoms with Crippen LogP contribution in [0, 0.1) is 0 Å². The maximum Gasteiger partial charge on any atom is 0.0322 e. The maximum absolute atomic E-state index is 4.53. The molecule has 0 aliphatic carbocycles. The summed E-state index contributed by atoms with van der Waals surface area (Å²) in [4.78, 5) is 0. The van der Waals surface area contributed by atoms with Crippen LogP contribution in [0.25, 0.3) is 0 Å². The van der Waals surface area contributed by atoms with Gasteiger partial charge in [0.05, 0.1) is 0 Å². The number of aryl methyl sites for hydroxylation is 1. The Kier molecular flexibility index (Phi) is 2.84. The number of thiol groups is 1. The van der Waals surface area contributed by atoms with E-state index in [2.05, 4.69) is 57.7 Å². The van der Waals surface area contributed by atoms with Crippen LogP contribution in [0.2, 0.25) is 0 Å². The maximum atomic E-state index is 4.53. The van der Waals surface area contributed by atoms with E-state index < -0.39 is 0 Å². The lowest BCUT2D eigenvalue weighted by Gasteiger charge is -2.18. The van der Waals surface area contributed by atoms with Gasteiger partial charge in [-0.2, -0.15) is 12.6 Å². The van der Waals surface area contributed by atoms with Crippen LogP contribution in [-0.2, 0) is 11.2 Å². The van der Waals surface area contributed by atoms with Crippen LogP contribution < -0.4 is 0 Å². The molecule has 1 aromatic carbocycles. The molecule has 0 aliphatic rings. The van der Waals surface area contributed by atoms with Gasteiger partial charge in [0.25, 0.3) is 0 Å². The second kappa shape index (κ2) is 3.53. The molecule has 0 heterocycles. The summed E-state index contributed by atoms with van der Waals surface area (Å²) in [7, 11) is 0. The molecular formula is C11H16S. The van der Waals surface area contributed by atoms with E-state index in [1.165, 1.54) is 11.1 Å². The van der Waals surface area contributed by atoms with E-state index in [0.717, 1.165) is 6.42 Å². The van der Waals surface area contributed by atoms with Crippen molar-refractivity contribution in [1.29, 1.82) is 0 Å². The fourth-order valence-corrected chi connectivity index (χ4v) is 1.31. The molecule has 0 aromatic heterocycles. The molecule has 0 amide bonds. The minimum atomic E-state index is -0.0226. The summed E-state index contributed by atoms with van der Waals surface area (Å²) in [6, 6.07) is 8.62. The zero-order chi connectivity index (χ0) is 9.19. The fraction of sp³-hybridized carbons (Fsp3) is 0.455. The van der Waals surface area contributed by atoms with Crippen LogP contribution in [-0.4, -0.2) is 0 Å². The van der Waals surface area contributed by atoms with Gasteiger partial charge in [0.2, 0.25) is 0 Å². The van der Waals surface area contributed by atoms with Gasteiger partial charge in [0.15, 0.2) is 0 Å².